The molecule has 0 amide bonds. The summed E-state index contributed by atoms with van der Waals surface area (Å²) < 4.78 is 30.1. The topological polar surface area (TPSA) is 108 Å². The van der Waals surface area contributed by atoms with Crippen molar-refractivity contribution in [2.24, 2.45) is 7.05 Å². The maximum Gasteiger partial charge on any atom is 0.264 e. The zero-order valence-electron chi connectivity index (χ0n) is 21.0. The molecule has 0 radical (unpaired) electrons. The molecule has 1 saturated heterocycles. The molecule has 0 spiro atoms. The molecule has 4 heterocycles. The van der Waals surface area contributed by atoms with Crippen LogP contribution in [0.2, 0.25) is 8.67 Å². The average molecular weight is 596 g/mol. The first-order valence-corrected chi connectivity index (χ1v) is 15.2. The van der Waals surface area contributed by atoms with Crippen LogP contribution in [0.3, 0.4) is 0 Å². The molecule has 2 N–H and O–H groups in total. The van der Waals surface area contributed by atoms with Crippen molar-refractivity contribution in [1.29, 1.82) is 0 Å². The van der Waals surface area contributed by atoms with E-state index < -0.39 is 10.0 Å². The molecule has 1 aliphatic rings. The molecule has 202 valence electrons. The van der Waals surface area contributed by atoms with Crippen LogP contribution in [0.5, 0.6) is 0 Å². The summed E-state index contributed by atoms with van der Waals surface area (Å²) in [5.41, 5.74) is 2.63. The van der Waals surface area contributed by atoms with Crippen LogP contribution in [0.15, 0.2) is 41.4 Å². The Morgan fingerprint density at radius 1 is 1.08 bits per heavy atom. The number of aryl methyl sites for hydroxylation is 1. The third-order valence-corrected chi connectivity index (χ3v) is 9.57. The minimum absolute atomic E-state index is 0.0464. The molecule has 1 aliphatic heterocycles. The summed E-state index contributed by atoms with van der Waals surface area (Å²) in [6.07, 6.45) is 2.79. The maximum absolute atomic E-state index is 12.7. The van der Waals surface area contributed by atoms with Gasteiger partial charge in [-0.3, -0.25) is 4.72 Å². The van der Waals surface area contributed by atoms with Gasteiger partial charge >= 0.3 is 0 Å². The summed E-state index contributed by atoms with van der Waals surface area (Å²) in [6.45, 7) is 6.31. The Labute approximate surface area is 235 Å². The van der Waals surface area contributed by atoms with Crippen LogP contribution in [0, 0.1) is 0 Å². The largest absolute Gasteiger partial charge is 0.354 e. The molecule has 0 aliphatic carbocycles. The standard InChI is InChI=1S/C24H28Cl2N8O2S2/c1-32-10-12-34(13-11-32)9-3-8-27-24-28-15-18-21(30-33(2)23(18)29-24)16-4-6-17(7-5-16)31-38(35,36)19-14-20(25)37-22(19)26/h4-7,14-15,31H,3,8-13H2,1-2H3,(H,27,28,29). The van der Waals surface area contributed by atoms with Crippen LogP contribution in [0.25, 0.3) is 22.3 Å². The fraction of sp³-hybridized carbons (Fsp3) is 0.375. The molecule has 14 heteroatoms. The summed E-state index contributed by atoms with van der Waals surface area (Å²) in [5.74, 6) is 0.572. The fourth-order valence-electron chi connectivity index (χ4n) is 4.33. The van der Waals surface area contributed by atoms with Crippen LogP contribution >= 0.6 is 34.5 Å². The molecule has 0 atom stereocenters. The third kappa shape index (κ3) is 6.05. The van der Waals surface area contributed by atoms with Gasteiger partial charge in [0.2, 0.25) is 5.95 Å². The Morgan fingerprint density at radius 3 is 2.50 bits per heavy atom. The number of likely N-dealkylation sites (N-methyl/N-ethyl adjacent to an activating group) is 1. The highest BCUT2D eigenvalue weighted by atomic mass is 35.5. The Hall–Kier alpha value is -2.48. The number of benzene rings is 1. The number of anilines is 2. The second-order valence-electron chi connectivity index (χ2n) is 9.20. The smallest absolute Gasteiger partial charge is 0.264 e. The lowest BCUT2D eigenvalue weighted by atomic mass is 10.1. The van der Waals surface area contributed by atoms with Crippen molar-refractivity contribution < 1.29 is 8.42 Å². The van der Waals surface area contributed by atoms with Gasteiger partial charge in [0.05, 0.1) is 9.72 Å². The number of hydrogen-bond donors (Lipinski definition) is 2. The van der Waals surface area contributed by atoms with Gasteiger partial charge in [-0.2, -0.15) is 10.1 Å². The number of thiophene rings is 1. The maximum atomic E-state index is 12.7. The number of halogens is 2. The van der Waals surface area contributed by atoms with Gasteiger partial charge in [0.1, 0.15) is 14.9 Å². The molecule has 4 aromatic rings. The van der Waals surface area contributed by atoms with Crippen LogP contribution in [0.4, 0.5) is 11.6 Å². The minimum atomic E-state index is -3.86. The van der Waals surface area contributed by atoms with Crippen LogP contribution in [-0.2, 0) is 17.1 Å². The van der Waals surface area contributed by atoms with Gasteiger partial charge in [0, 0.05) is 57.2 Å². The van der Waals surface area contributed by atoms with Crippen molar-refractivity contribution in [1.82, 2.24) is 29.5 Å². The highest BCUT2D eigenvalue weighted by Gasteiger charge is 2.21. The number of sulfonamides is 1. The molecule has 0 bridgehead atoms. The van der Waals surface area contributed by atoms with E-state index >= 15 is 0 Å². The lowest BCUT2D eigenvalue weighted by Gasteiger charge is -2.32. The zero-order chi connectivity index (χ0) is 26.9. The van der Waals surface area contributed by atoms with Crippen LogP contribution in [0.1, 0.15) is 6.42 Å². The van der Waals surface area contributed by atoms with Gasteiger partial charge in [-0.1, -0.05) is 35.3 Å². The van der Waals surface area contributed by atoms with E-state index in [1.807, 2.05) is 7.05 Å². The van der Waals surface area contributed by atoms with Crippen LogP contribution < -0.4 is 10.0 Å². The number of fused-ring (bicyclic) bond motifs is 1. The molecular formula is C24H28Cl2N8O2S2. The third-order valence-electron chi connectivity index (χ3n) is 6.44. The van der Waals surface area contributed by atoms with Crippen molar-refractivity contribution in [3.63, 3.8) is 0 Å². The number of rotatable bonds is 9. The normalized spacial score (nSPS) is 15.3. The molecule has 38 heavy (non-hydrogen) atoms. The van der Waals surface area contributed by atoms with Crippen molar-refractivity contribution in [3.05, 3.63) is 45.2 Å². The van der Waals surface area contributed by atoms with Crippen molar-refractivity contribution in [2.75, 3.05) is 56.4 Å². The van der Waals surface area contributed by atoms with E-state index in [1.54, 1.807) is 35.1 Å². The number of aromatic nitrogens is 4. The second kappa shape index (κ2) is 11.3. The predicted octanol–water partition coefficient (Wildman–Crippen LogP) is 4.25. The van der Waals surface area contributed by atoms with Crippen LogP contribution in [-0.4, -0.2) is 84.3 Å². The van der Waals surface area contributed by atoms with Gasteiger partial charge in [0.15, 0.2) is 5.65 Å². The number of piperazine rings is 1. The summed E-state index contributed by atoms with van der Waals surface area (Å²) in [7, 11) is 0.143. The van der Waals surface area contributed by atoms with E-state index in [1.165, 1.54) is 6.07 Å². The Bertz CT molecular complexity index is 1530. The van der Waals surface area contributed by atoms with Crippen molar-refractivity contribution in [2.45, 2.75) is 11.3 Å². The summed E-state index contributed by atoms with van der Waals surface area (Å²) in [5, 5.41) is 8.77. The highest BCUT2D eigenvalue weighted by molar-refractivity contribution is 7.93. The van der Waals surface area contributed by atoms with Gasteiger partial charge in [-0.15, -0.1) is 11.3 Å². The lowest BCUT2D eigenvalue weighted by molar-refractivity contribution is 0.154. The SMILES string of the molecule is CN1CCN(CCCNc2ncc3c(-c4ccc(NS(=O)(=O)c5cc(Cl)sc5Cl)cc4)nn(C)c3n2)CC1. The van der Waals surface area contributed by atoms with E-state index in [9.17, 15) is 8.42 Å². The molecule has 5 rings (SSSR count). The summed E-state index contributed by atoms with van der Waals surface area (Å²) in [4.78, 5) is 14.0. The second-order valence-corrected chi connectivity index (χ2v) is 13.1. The molecule has 0 unspecified atom stereocenters. The first-order valence-electron chi connectivity index (χ1n) is 12.1. The van der Waals surface area contributed by atoms with Gasteiger partial charge in [0.25, 0.3) is 10.0 Å². The van der Waals surface area contributed by atoms with Crippen molar-refractivity contribution >= 4 is 67.2 Å². The van der Waals surface area contributed by atoms with Gasteiger partial charge in [-0.25, -0.2) is 18.1 Å². The fourth-order valence-corrected chi connectivity index (χ4v) is 7.53. The van der Waals surface area contributed by atoms with E-state index in [-0.39, 0.29) is 9.23 Å². The Balaban J connectivity index is 1.24. The average Bonchev–Trinajstić information content (AvgIpc) is 3.41. The molecule has 3 aromatic heterocycles. The molecule has 1 aromatic carbocycles. The Morgan fingerprint density at radius 2 is 1.82 bits per heavy atom. The molecule has 1 fully saturated rings. The van der Waals surface area contributed by atoms with E-state index in [0.717, 1.165) is 68.0 Å². The van der Waals surface area contributed by atoms with E-state index in [0.29, 0.717) is 27.3 Å². The highest BCUT2D eigenvalue weighted by Crippen LogP contribution is 2.35. The molecular weight excluding hydrogens is 567 g/mol. The van der Waals surface area contributed by atoms with E-state index in [2.05, 4.69) is 42.0 Å². The Kier molecular flexibility index (Phi) is 8.08. The molecule has 0 saturated carbocycles. The monoisotopic (exact) mass is 594 g/mol. The summed E-state index contributed by atoms with van der Waals surface area (Å²) in [6, 6.07) is 8.28. The minimum Gasteiger partial charge on any atom is -0.354 e. The number of nitrogens with one attached hydrogen (secondary N) is 2. The predicted molar refractivity (Wildman–Crippen MR) is 154 cm³/mol. The quantitative estimate of drug-likeness (QED) is 0.277. The van der Waals surface area contributed by atoms with Gasteiger partial charge < -0.3 is 15.1 Å². The van der Waals surface area contributed by atoms with Crippen molar-refractivity contribution in [3.8, 4) is 11.3 Å². The van der Waals surface area contributed by atoms with E-state index in [4.69, 9.17) is 23.2 Å². The first kappa shape index (κ1) is 27.1. The first-order chi connectivity index (χ1) is 18.2. The van der Waals surface area contributed by atoms with Gasteiger partial charge in [-0.05, 0) is 38.2 Å². The number of hydrogen-bond acceptors (Lipinski definition) is 9. The summed E-state index contributed by atoms with van der Waals surface area (Å²) >= 11 is 12.9. The lowest BCUT2D eigenvalue weighted by Crippen LogP contribution is -2.44. The zero-order valence-corrected chi connectivity index (χ0v) is 24.1. The number of nitrogens with zero attached hydrogens (tertiary/aromatic N) is 6. The molecule has 10 nitrogen and oxygen atoms in total.